The van der Waals surface area contributed by atoms with E-state index in [0.717, 1.165) is 11.6 Å². The fraction of sp³-hybridized carbons (Fsp3) is 0.0476. The Balaban J connectivity index is 1.65. The Morgan fingerprint density at radius 1 is 1.04 bits per heavy atom. The van der Waals surface area contributed by atoms with Crippen molar-refractivity contribution in [3.05, 3.63) is 89.2 Å². The quantitative estimate of drug-likeness (QED) is 0.450. The molecule has 0 aliphatic rings. The van der Waals surface area contributed by atoms with Crippen molar-refractivity contribution in [1.29, 1.82) is 0 Å². The van der Waals surface area contributed by atoms with Gasteiger partial charge in [0.25, 0.3) is 5.91 Å². The number of carbonyl (C=O) groups is 1. The van der Waals surface area contributed by atoms with E-state index >= 15 is 0 Å². The maximum Gasteiger partial charge on any atom is 0.271 e. The molecule has 0 atom stereocenters. The second kappa shape index (κ2) is 8.68. The number of nitrogens with one attached hydrogen (secondary N) is 1. The molecule has 3 aromatic rings. The number of ether oxygens (including phenoxy) is 1. The number of nitrogens with zero attached hydrogens (tertiary/aromatic N) is 1. The minimum Gasteiger partial charge on any atom is -0.508 e. The van der Waals surface area contributed by atoms with Gasteiger partial charge in [-0.25, -0.2) is 9.82 Å². The fourth-order valence-corrected chi connectivity index (χ4v) is 2.41. The normalized spacial score (nSPS) is 10.8. The molecule has 142 valence electrons. The lowest BCUT2D eigenvalue weighted by atomic mass is 10.2. The van der Waals surface area contributed by atoms with Crippen molar-refractivity contribution in [3.63, 3.8) is 0 Å². The van der Waals surface area contributed by atoms with Crippen LogP contribution in [0.15, 0.2) is 71.8 Å². The van der Waals surface area contributed by atoms with Crippen LogP contribution in [0.2, 0.25) is 0 Å². The van der Waals surface area contributed by atoms with E-state index in [1.54, 1.807) is 36.4 Å². The van der Waals surface area contributed by atoms with E-state index in [-0.39, 0.29) is 29.5 Å². The number of amides is 1. The molecule has 3 rings (SSSR count). The number of benzene rings is 3. The lowest BCUT2D eigenvalue weighted by Crippen LogP contribution is -2.17. The molecular formula is C21H17FN2O4. The number of halogens is 1. The number of aromatic hydroxyl groups is 2. The summed E-state index contributed by atoms with van der Waals surface area (Å²) < 4.78 is 18.7. The molecule has 0 unspecified atom stereocenters. The third kappa shape index (κ3) is 5.07. The molecule has 0 radical (unpaired) electrons. The molecule has 7 heteroatoms. The van der Waals surface area contributed by atoms with Gasteiger partial charge < -0.3 is 14.9 Å². The smallest absolute Gasteiger partial charge is 0.271 e. The Bertz CT molecular complexity index is 983. The molecule has 0 aromatic heterocycles. The summed E-state index contributed by atoms with van der Waals surface area (Å²) in [5.41, 5.74) is 3.82. The van der Waals surface area contributed by atoms with E-state index in [1.165, 1.54) is 30.5 Å². The zero-order valence-corrected chi connectivity index (χ0v) is 14.7. The summed E-state index contributed by atoms with van der Waals surface area (Å²) in [6.07, 6.45) is 1.42. The number of hydrogen-bond acceptors (Lipinski definition) is 5. The third-order valence-electron chi connectivity index (χ3n) is 3.76. The van der Waals surface area contributed by atoms with Crippen LogP contribution in [0.4, 0.5) is 4.39 Å². The fourth-order valence-electron chi connectivity index (χ4n) is 2.41. The Hall–Kier alpha value is -3.87. The molecule has 28 heavy (non-hydrogen) atoms. The van der Waals surface area contributed by atoms with Gasteiger partial charge in [0.2, 0.25) is 0 Å². The summed E-state index contributed by atoms with van der Waals surface area (Å²) >= 11 is 0. The first-order valence-corrected chi connectivity index (χ1v) is 8.34. The van der Waals surface area contributed by atoms with Gasteiger partial charge in [-0.3, -0.25) is 4.79 Å². The molecule has 0 saturated carbocycles. The van der Waals surface area contributed by atoms with Crippen molar-refractivity contribution >= 4 is 12.1 Å². The van der Waals surface area contributed by atoms with Gasteiger partial charge in [-0.15, -0.1) is 0 Å². The number of carbonyl (C=O) groups excluding carboxylic acids is 1. The molecule has 6 nitrogen and oxygen atoms in total. The largest absolute Gasteiger partial charge is 0.508 e. The second-order valence-corrected chi connectivity index (χ2v) is 5.89. The predicted molar refractivity (Wildman–Crippen MR) is 102 cm³/mol. The second-order valence-electron chi connectivity index (χ2n) is 5.89. The number of phenols is 2. The highest BCUT2D eigenvalue weighted by atomic mass is 19.1. The van der Waals surface area contributed by atoms with Gasteiger partial charge in [0.15, 0.2) is 0 Å². The zero-order valence-electron chi connectivity index (χ0n) is 14.7. The Morgan fingerprint density at radius 3 is 2.43 bits per heavy atom. The Kier molecular flexibility index (Phi) is 5.86. The van der Waals surface area contributed by atoms with E-state index in [2.05, 4.69) is 10.5 Å². The summed E-state index contributed by atoms with van der Waals surface area (Å²) in [4.78, 5) is 12.1. The van der Waals surface area contributed by atoms with E-state index in [0.29, 0.717) is 11.3 Å². The van der Waals surface area contributed by atoms with Crippen molar-refractivity contribution in [2.45, 2.75) is 6.61 Å². The highest BCUT2D eigenvalue weighted by molar-refractivity contribution is 5.95. The molecule has 1 amide bonds. The topological polar surface area (TPSA) is 91.2 Å². The van der Waals surface area contributed by atoms with Crippen LogP contribution in [0.5, 0.6) is 17.2 Å². The van der Waals surface area contributed by atoms with Crippen LogP contribution in [0.3, 0.4) is 0 Å². The van der Waals surface area contributed by atoms with Crippen molar-refractivity contribution < 1.29 is 24.1 Å². The molecule has 0 spiro atoms. The number of para-hydroxylation sites is 1. The molecular weight excluding hydrogens is 363 g/mol. The van der Waals surface area contributed by atoms with Gasteiger partial charge in [-0.2, -0.15) is 5.10 Å². The number of phenolic OH excluding ortho intramolecular Hbond substituents is 2. The minimum atomic E-state index is -0.591. The van der Waals surface area contributed by atoms with E-state index in [1.807, 2.05) is 0 Å². The van der Waals surface area contributed by atoms with Crippen LogP contribution >= 0.6 is 0 Å². The van der Waals surface area contributed by atoms with Gasteiger partial charge in [0, 0.05) is 17.2 Å². The predicted octanol–water partition coefficient (Wildman–Crippen LogP) is 3.58. The molecule has 0 heterocycles. The summed E-state index contributed by atoms with van der Waals surface area (Å²) in [7, 11) is 0. The summed E-state index contributed by atoms with van der Waals surface area (Å²) in [6.45, 7) is 0.250. The van der Waals surface area contributed by atoms with Gasteiger partial charge in [0.1, 0.15) is 29.7 Å². The molecule has 0 fully saturated rings. The highest BCUT2D eigenvalue weighted by Crippen LogP contribution is 2.20. The molecule has 3 N–H and O–H groups in total. The first-order chi connectivity index (χ1) is 13.5. The molecule has 0 saturated heterocycles. The van der Waals surface area contributed by atoms with Gasteiger partial charge >= 0.3 is 0 Å². The van der Waals surface area contributed by atoms with Crippen LogP contribution in [-0.4, -0.2) is 22.3 Å². The lowest BCUT2D eigenvalue weighted by molar-refractivity contribution is 0.0954. The number of rotatable bonds is 6. The van der Waals surface area contributed by atoms with Crippen LogP contribution in [-0.2, 0) is 6.61 Å². The molecule has 0 aliphatic carbocycles. The number of hydrogen-bond donors (Lipinski definition) is 3. The van der Waals surface area contributed by atoms with Crippen molar-refractivity contribution in [2.75, 3.05) is 0 Å². The van der Waals surface area contributed by atoms with Crippen LogP contribution in [0, 0.1) is 5.82 Å². The standard InChI is InChI=1S/C21H17FN2O4/c22-17-7-5-14(6-8-17)13-28-20-4-2-1-3-15(20)12-23-24-21(27)16-9-18(25)11-19(26)10-16/h1-12,25-26H,13H2,(H,24,27)/b23-12-. The highest BCUT2D eigenvalue weighted by Gasteiger charge is 2.08. The monoisotopic (exact) mass is 380 g/mol. The van der Waals surface area contributed by atoms with Crippen LogP contribution in [0.1, 0.15) is 21.5 Å². The van der Waals surface area contributed by atoms with Crippen LogP contribution in [0.25, 0.3) is 0 Å². The van der Waals surface area contributed by atoms with E-state index in [4.69, 9.17) is 4.74 Å². The zero-order chi connectivity index (χ0) is 19.9. The van der Waals surface area contributed by atoms with E-state index < -0.39 is 5.91 Å². The third-order valence-corrected chi connectivity index (χ3v) is 3.76. The molecule has 3 aromatic carbocycles. The minimum absolute atomic E-state index is 0.0653. The summed E-state index contributed by atoms with van der Waals surface area (Å²) in [5, 5.41) is 22.8. The maximum absolute atomic E-state index is 13.0. The first-order valence-electron chi connectivity index (χ1n) is 8.34. The van der Waals surface area contributed by atoms with Crippen molar-refractivity contribution in [1.82, 2.24) is 5.43 Å². The average molecular weight is 380 g/mol. The van der Waals surface area contributed by atoms with Gasteiger partial charge in [0.05, 0.1) is 6.21 Å². The summed E-state index contributed by atoms with van der Waals surface area (Å²) in [6, 6.07) is 16.6. The lowest BCUT2D eigenvalue weighted by Gasteiger charge is -2.09. The van der Waals surface area contributed by atoms with Gasteiger partial charge in [-0.1, -0.05) is 24.3 Å². The van der Waals surface area contributed by atoms with Gasteiger partial charge in [-0.05, 0) is 42.0 Å². The Morgan fingerprint density at radius 2 is 1.71 bits per heavy atom. The van der Waals surface area contributed by atoms with E-state index in [9.17, 15) is 19.4 Å². The first kappa shape index (κ1) is 18.9. The van der Waals surface area contributed by atoms with Crippen molar-refractivity contribution in [2.24, 2.45) is 5.10 Å². The Labute approximate surface area is 160 Å². The average Bonchev–Trinajstić information content (AvgIpc) is 2.67. The summed E-state index contributed by atoms with van der Waals surface area (Å²) in [5.74, 6) is -0.818. The molecule has 0 aliphatic heterocycles. The van der Waals surface area contributed by atoms with Crippen molar-refractivity contribution in [3.8, 4) is 17.2 Å². The SMILES string of the molecule is O=C(N/N=C\c1ccccc1OCc1ccc(F)cc1)c1cc(O)cc(O)c1. The number of hydrazone groups is 1. The molecule has 0 bridgehead atoms. The maximum atomic E-state index is 13.0. The van der Waals surface area contributed by atoms with Crippen LogP contribution < -0.4 is 10.2 Å².